The van der Waals surface area contributed by atoms with Crippen molar-refractivity contribution in [2.24, 2.45) is 5.92 Å². The summed E-state index contributed by atoms with van der Waals surface area (Å²) in [6, 6.07) is 0. The Morgan fingerprint density at radius 3 is 2.37 bits per heavy atom. The number of ether oxygens (including phenoxy) is 2. The van der Waals surface area contributed by atoms with Crippen LogP contribution in [-0.4, -0.2) is 64.9 Å². The number of aliphatic hydroxyl groups is 3. The lowest BCUT2D eigenvalue weighted by Gasteiger charge is -2.41. The lowest BCUT2D eigenvalue weighted by molar-refractivity contribution is -0.275. The highest BCUT2D eigenvalue weighted by Crippen LogP contribution is 2.26. The molecule has 2 unspecified atom stereocenters. The van der Waals surface area contributed by atoms with E-state index >= 15 is 0 Å². The van der Waals surface area contributed by atoms with Crippen LogP contribution in [-0.2, 0) is 19.1 Å². The van der Waals surface area contributed by atoms with E-state index in [1.165, 1.54) is 13.8 Å². The van der Waals surface area contributed by atoms with Gasteiger partial charge in [0.25, 0.3) is 0 Å². The highest BCUT2D eigenvalue weighted by Gasteiger charge is 2.45. The zero-order valence-electron chi connectivity index (χ0n) is 10.8. The zero-order chi connectivity index (χ0) is 14.6. The van der Waals surface area contributed by atoms with Crippen molar-refractivity contribution in [3.63, 3.8) is 0 Å². The van der Waals surface area contributed by atoms with E-state index in [1.807, 2.05) is 0 Å². The summed E-state index contributed by atoms with van der Waals surface area (Å²) in [7, 11) is 0. The molecule has 8 nitrogen and oxygen atoms in total. The van der Waals surface area contributed by atoms with Crippen LogP contribution < -0.4 is 5.32 Å². The van der Waals surface area contributed by atoms with Crippen molar-refractivity contribution in [3.05, 3.63) is 0 Å². The van der Waals surface area contributed by atoms with Gasteiger partial charge in [-0.1, -0.05) is 0 Å². The Hall–Kier alpha value is -1.22. The minimum absolute atomic E-state index is 0.0242. The largest absolute Gasteiger partial charge is 0.435 e. The third-order valence-electron chi connectivity index (χ3n) is 2.88. The topological polar surface area (TPSA) is 125 Å². The fraction of sp³-hybridized carbons (Fsp3) is 0.818. The molecule has 0 aromatic rings. The Labute approximate surface area is 110 Å². The molecule has 1 saturated heterocycles. The predicted molar refractivity (Wildman–Crippen MR) is 61.7 cm³/mol. The highest BCUT2D eigenvalue weighted by atomic mass is 16.7. The number of carbonyl (C=O) groups is 2. The second-order valence-electron chi connectivity index (χ2n) is 4.42. The van der Waals surface area contributed by atoms with Crippen molar-refractivity contribution < 1.29 is 34.4 Å². The summed E-state index contributed by atoms with van der Waals surface area (Å²) in [5.74, 6) is -1.77. The van der Waals surface area contributed by atoms with Crippen molar-refractivity contribution in [3.8, 4) is 0 Å². The molecule has 4 N–H and O–H groups in total. The van der Waals surface area contributed by atoms with Gasteiger partial charge in [0.15, 0.2) is 0 Å². The van der Waals surface area contributed by atoms with Gasteiger partial charge in [0.1, 0.15) is 12.2 Å². The Morgan fingerprint density at radius 1 is 1.26 bits per heavy atom. The molecule has 1 heterocycles. The summed E-state index contributed by atoms with van der Waals surface area (Å²) >= 11 is 0. The van der Waals surface area contributed by atoms with Crippen LogP contribution in [0, 0.1) is 5.92 Å². The SMILES string of the molecule is CC(=O)NC[C@H]1C(OC(C)=O)O[C@H](CO)[C@H](O)C1O. The molecule has 0 spiro atoms. The van der Waals surface area contributed by atoms with Gasteiger partial charge < -0.3 is 30.1 Å². The number of amides is 1. The summed E-state index contributed by atoms with van der Waals surface area (Å²) in [5.41, 5.74) is 0. The van der Waals surface area contributed by atoms with Crippen LogP contribution in [0.4, 0.5) is 0 Å². The first kappa shape index (κ1) is 15.8. The van der Waals surface area contributed by atoms with Crippen molar-refractivity contribution in [1.29, 1.82) is 0 Å². The molecule has 0 saturated carbocycles. The average Bonchev–Trinajstić information content (AvgIpc) is 2.32. The van der Waals surface area contributed by atoms with Crippen LogP contribution in [0.2, 0.25) is 0 Å². The molecule has 110 valence electrons. The monoisotopic (exact) mass is 277 g/mol. The number of carbonyl (C=O) groups excluding carboxylic acids is 2. The van der Waals surface area contributed by atoms with E-state index in [0.717, 1.165) is 0 Å². The second kappa shape index (κ2) is 6.80. The Bertz CT molecular complexity index is 335. The van der Waals surface area contributed by atoms with Crippen LogP contribution >= 0.6 is 0 Å². The van der Waals surface area contributed by atoms with Crippen molar-refractivity contribution in [2.75, 3.05) is 13.2 Å². The zero-order valence-corrected chi connectivity index (χ0v) is 10.8. The van der Waals surface area contributed by atoms with Crippen LogP contribution in [0.5, 0.6) is 0 Å². The van der Waals surface area contributed by atoms with Gasteiger partial charge >= 0.3 is 5.97 Å². The molecule has 1 aliphatic rings. The first-order valence-electron chi connectivity index (χ1n) is 5.91. The minimum atomic E-state index is -1.32. The third kappa shape index (κ3) is 4.13. The predicted octanol–water partition coefficient (Wildman–Crippen LogP) is -2.26. The summed E-state index contributed by atoms with van der Waals surface area (Å²) < 4.78 is 10.1. The van der Waals surface area contributed by atoms with Crippen LogP contribution in [0.1, 0.15) is 13.8 Å². The molecular weight excluding hydrogens is 258 g/mol. The first-order chi connectivity index (χ1) is 8.86. The molecule has 1 fully saturated rings. The Morgan fingerprint density at radius 2 is 1.89 bits per heavy atom. The van der Waals surface area contributed by atoms with Crippen molar-refractivity contribution in [2.45, 2.75) is 38.4 Å². The molecular formula is C11H19NO7. The Kier molecular flexibility index (Phi) is 5.67. The maximum Gasteiger partial charge on any atom is 0.304 e. The van der Waals surface area contributed by atoms with Gasteiger partial charge in [-0.05, 0) is 0 Å². The van der Waals surface area contributed by atoms with Gasteiger partial charge in [-0.2, -0.15) is 0 Å². The van der Waals surface area contributed by atoms with E-state index in [1.54, 1.807) is 0 Å². The molecule has 0 aliphatic carbocycles. The summed E-state index contributed by atoms with van der Waals surface area (Å²) in [6.45, 7) is 1.92. The number of hydrogen-bond acceptors (Lipinski definition) is 7. The highest BCUT2D eigenvalue weighted by molar-refractivity contribution is 5.72. The number of esters is 1. The normalized spacial score (nSPS) is 34.7. The summed E-state index contributed by atoms with van der Waals surface area (Å²) in [6.07, 6.45) is -4.80. The molecule has 8 heteroatoms. The van der Waals surface area contributed by atoms with Crippen molar-refractivity contribution in [1.82, 2.24) is 5.32 Å². The van der Waals surface area contributed by atoms with Gasteiger partial charge in [-0.25, -0.2) is 0 Å². The molecule has 0 radical (unpaired) electrons. The lowest BCUT2D eigenvalue weighted by atomic mass is 9.91. The maximum atomic E-state index is 11.0. The smallest absolute Gasteiger partial charge is 0.304 e. The lowest BCUT2D eigenvalue weighted by Crippen LogP contribution is -2.59. The fourth-order valence-electron chi connectivity index (χ4n) is 1.90. The summed E-state index contributed by atoms with van der Waals surface area (Å²) in [4.78, 5) is 21.9. The van der Waals surface area contributed by atoms with Crippen LogP contribution in [0.25, 0.3) is 0 Å². The molecule has 1 rings (SSSR count). The molecule has 1 amide bonds. The molecule has 5 atom stereocenters. The van der Waals surface area contributed by atoms with E-state index in [-0.39, 0.29) is 12.5 Å². The quantitative estimate of drug-likeness (QED) is 0.427. The van der Waals surface area contributed by atoms with Crippen LogP contribution in [0.3, 0.4) is 0 Å². The standard InChI is InChI=1S/C11H19NO7/c1-5(14)12-3-7-9(16)10(17)8(4-13)19-11(7)18-6(2)15/h7-11,13,16-17H,3-4H2,1-2H3,(H,12,14)/t7-,8-,9?,10+,11?/m1/s1. The number of aliphatic hydroxyl groups excluding tert-OH is 3. The van der Waals surface area contributed by atoms with E-state index in [4.69, 9.17) is 14.6 Å². The van der Waals surface area contributed by atoms with E-state index < -0.39 is 43.1 Å². The second-order valence-corrected chi connectivity index (χ2v) is 4.42. The average molecular weight is 277 g/mol. The van der Waals surface area contributed by atoms with Gasteiger partial charge in [0.05, 0.1) is 18.6 Å². The van der Waals surface area contributed by atoms with Gasteiger partial charge in [0.2, 0.25) is 12.2 Å². The van der Waals surface area contributed by atoms with Crippen LogP contribution in [0.15, 0.2) is 0 Å². The fourth-order valence-corrected chi connectivity index (χ4v) is 1.90. The van der Waals surface area contributed by atoms with Gasteiger partial charge in [-0.15, -0.1) is 0 Å². The molecule has 0 aromatic heterocycles. The minimum Gasteiger partial charge on any atom is -0.435 e. The van der Waals surface area contributed by atoms with E-state index in [2.05, 4.69) is 5.32 Å². The van der Waals surface area contributed by atoms with Crippen molar-refractivity contribution >= 4 is 11.9 Å². The van der Waals surface area contributed by atoms with E-state index in [9.17, 15) is 19.8 Å². The molecule has 1 aliphatic heterocycles. The molecule has 0 bridgehead atoms. The summed E-state index contributed by atoms with van der Waals surface area (Å²) in [5, 5.41) is 31.2. The number of nitrogens with one attached hydrogen (secondary N) is 1. The number of rotatable bonds is 4. The first-order valence-corrected chi connectivity index (χ1v) is 5.91. The maximum absolute atomic E-state index is 11.0. The van der Waals surface area contributed by atoms with E-state index in [0.29, 0.717) is 0 Å². The Balaban J connectivity index is 2.80. The van der Waals surface area contributed by atoms with Gasteiger partial charge in [-0.3, -0.25) is 9.59 Å². The number of hydrogen-bond donors (Lipinski definition) is 4. The molecule has 19 heavy (non-hydrogen) atoms. The van der Waals surface area contributed by atoms with Gasteiger partial charge in [0, 0.05) is 20.4 Å². The third-order valence-corrected chi connectivity index (χ3v) is 2.88. The molecule has 0 aromatic carbocycles.